The van der Waals surface area contributed by atoms with E-state index in [1.165, 1.54) is 0 Å². The predicted octanol–water partition coefficient (Wildman–Crippen LogP) is 2.47. The normalized spacial score (nSPS) is 23.3. The van der Waals surface area contributed by atoms with Gasteiger partial charge in [0.25, 0.3) is 0 Å². The van der Waals surface area contributed by atoms with Crippen molar-refractivity contribution in [2.24, 2.45) is 5.92 Å². The number of hydrogen-bond donors (Lipinski definition) is 2. The maximum atomic E-state index is 13.6. The van der Waals surface area contributed by atoms with Crippen molar-refractivity contribution in [1.82, 2.24) is 20.2 Å². The van der Waals surface area contributed by atoms with Gasteiger partial charge in [-0.1, -0.05) is 12.2 Å². The van der Waals surface area contributed by atoms with E-state index in [1.807, 2.05) is 16.0 Å². The summed E-state index contributed by atoms with van der Waals surface area (Å²) in [7, 11) is 2.06. The standard InChI is InChI=1S/C23H30N7O/c1-28-11-5-6-19(16-28)26-22-25-13-18-15-29(20-7-3-2-4-8-20)23(31)30(21(18)27-22)14-17-9-10-24-12-17/h3,6-8,13,16-17,24H,2,4-5,9-12,14-15H2,1H3,(H,25,26,27)/q+1. The molecule has 1 saturated heterocycles. The topological polar surface area (TPSA) is 76.4 Å². The number of carbonyl (C=O) groups is 1. The fourth-order valence-corrected chi connectivity index (χ4v) is 4.56. The highest BCUT2D eigenvalue weighted by Gasteiger charge is 2.35. The van der Waals surface area contributed by atoms with E-state index in [0.717, 1.165) is 68.1 Å². The molecule has 4 aliphatic rings. The number of carbonyl (C=O) groups excluding carboxylic acids is 1. The maximum Gasteiger partial charge on any atom is 0.330 e. The zero-order chi connectivity index (χ0) is 21.2. The number of nitrogens with zero attached hydrogens (tertiary/aromatic N) is 5. The van der Waals surface area contributed by atoms with Crippen LogP contribution in [0, 0.1) is 5.92 Å². The van der Waals surface area contributed by atoms with Gasteiger partial charge in [0.2, 0.25) is 5.95 Å². The molecule has 8 heteroatoms. The van der Waals surface area contributed by atoms with Gasteiger partial charge in [0.15, 0.2) is 6.21 Å². The highest BCUT2D eigenvalue weighted by Crippen LogP contribution is 2.32. The average Bonchev–Trinajstić information content (AvgIpc) is 3.30. The number of fused-ring (bicyclic) bond motifs is 1. The number of nitrogens with one attached hydrogen (secondary N) is 2. The quantitative estimate of drug-likeness (QED) is 0.716. The van der Waals surface area contributed by atoms with Crippen LogP contribution in [0.2, 0.25) is 0 Å². The third-order valence-electron chi connectivity index (χ3n) is 6.24. The van der Waals surface area contributed by atoms with Crippen LogP contribution in [-0.4, -0.2) is 64.9 Å². The molecule has 162 valence electrons. The van der Waals surface area contributed by atoms with Gasteiger partial charge >= 0.3 is 6.03 Å². The molecule has 1 aliphatic carbocycles. The van der Waals surface area contributed by atoms with Gasteiger partial charge in [-0.15, -0.1) is 0 Å². The van der Waals surface area contributed by atoms with Crippen molar-refractivity contribution in [1.29, 1.82) is 0 Å². The van der Waals surface area contributed by atoms with Gasteiger partial charge in [-0.25, -0.2) is 14.4 Å². The molecule has 1 aromatic rings. The lowest BCUT2D eigenvalue weighted by Crippen LogP contribution is -2.49. The second kappa shape index (κ2) is 8.63. The second-order valence-electron chi connectivity index (χ2n) is 8.67. The fourth-order valence-electron chi connectivity index (χ4n) is 4.56. The molecule has 3 aliphatic heterocycles. The summed E-state index contributed by atoms with van der Waals surface area (Å²) >= 11 is 0. The van der Waals surface area contributed by atoms with Gasteiger partial charge < -0.3 is 10.6 Å². The van der Waals surface area contributed by atoms with Crippen LogP contribution in [0.25, 0.3) is 0 Å². The van der Waals surface area contributed by atoms with E-state index in [9.17, 15) is 4.79 Å². The largest absolute Gasteiger partial charge is 0.330 e. The third kappa shape index (κ3) is 4.25. The lowest BCUT2D eigenvalue weighted by molar-refractivity contribution is -0.492. The van der Waals surface area contributed by atoms with E-state index in [1.54, 1.807) is 0 Å². The number of rotatable bonds is 5. The van der Waals surface area contributed by atoms with E-state index >= 15 is 0 Å². The Balaban J connectivity index is 1.46. The molecule has 4 heterocycles. The highest BCUT2D eigenvalue weighted by atomic mass is 16.2. The summed E-state index contributed by atoms with van der Waals surface area (Å²) in [5.41, 5.74) is 2.94. The molecule has 0 spiro atoms. The monoisotopic (exact) mass is 420 g/mol. The molecular formula is C23H30N7O+. The number of anilines is 2. The summed E-state index contributed by atoms with van der Waals surface area (Å²) in [6.07, 6.45) is 16.5. The van der Waals surface area contributed by atoms with E-state index in [-0.39, 0.29) is 6.03 Å². The van der Waals surface area contributed by atoms with Gasteiger partial charge in [0.05, 0.1) is 6.54 Å². The highest BCUT2D eigenvalue weighted by molar-refractivity contribution is 5.95. The first-order valence-corrected chi connectivity index (χ1v) is 11.2. The maximum absolute atomic E-state index is 13.6. The van der Waals surface area contributed by atoms with Crippen LogP contribution in [0.4, 0.5) is 16.6 Å². The molecule has 1 aromatic heterocycles. The third-order valence-corrected chi connectivity index (χ3v) is 6.24. The number of amides is 2. The zero-order valence-electron chi connectivity index (χ0n) is 18.0. The lowest BCUT2D eigenvalue weighted by Gasteiger charge is -2.38. The van der Waals surface area contributed by atoms with Crippen LogP contribution < -0.4 is 15.5 Å². The van der Waals surface area contributed by atoms with Gasteiger partial charge in [-0.05, 0) is 50.4 Å². The minimum atomic E-state index is 0.00466. The Labute approximate surface area is 183 Å². The Morgan fingerprint density at radius 3 is 3.00 bits per heavy atom. The van der Waals surface area contributed by atoms with Crippen molar-refractivity contribution in [3.63, 3.8) is 0 Å². The number of hydrogen-bond acceptors (Lipinski definition) is 5. The molecule has 0 saturated carbocycles. The van der Waals surface area contributed by atoms with Crippen LogP contribution in [0.15, 0.2) is 41.9 Å². The van der Waals surface area contributed by atoms with Gasteiger partial charge in [-0.3, -0.25) is 9.80 Å². The summed E-state index contributed by atoms with van der Waals surface area (Å²) < 4.78 is 2.15. The molecule has 1 atom stereocenters. The van der Waals surface area contributed by atoms with Crippen molar-refractivity contribution < 1.29 is 9.37 Å². The van der Waals surface area contributed by atoms with Gasteiger partial charge in [0, 0.05) is 30.4 Å². The van der Waals surface area contributed by atoms with E-state index in [2.05, 4.69) is 57.8 Å². The van der Waals surface area contributed by atoms with Crippen molar-refractivity contribution in [2.75, 3.05) is 43.4 Å². The molecule has 0 radical (unpaired) electrons. The minimum Gasteiger partial charge on any atom is -0.319 e. The molecule has 1 unspecified atom stereocenters. The molecule has 2 N–H and O–H groups in total. The summed E-state index contributed by atoms with van der Waals surface area (Å²) in [5.74, 6) is 1.70. The zero-order valence-corrected chi connectivity index (χ0v) is 18.0. The van der Waals surface area contributed by atoms with Crippen LogP contribution in [0.1, 0.15) is 31.2 Å². The molecule has 1 fully saturated rings. The summed E-state index contributed by atoms with van der Waals surface area (Å²) in [6.45, 7) is 4.12. The molecule has 31 heavy (non-hydrogen) atoms. The fraction of sp³-hybridized carbons (Fsp3) is 0.478. The van der Waals surface area contributed by atoms with Crippen molar-refractivity contribution in [3.8, 4) is 0 Å². The van der Waals surface area contributed by atoms with E-state index < -0.39 is 0 Å². The Morgan fingerprint density at radius 1 is 1.29 bits per heavy atom. The van der Waals surface area contributed by atoms with Crippen molar-refractivity contribution in [3.05, 3.63) is 47.5 Å². The Kier molecular flexibility index (Phi) is 5.55. The Hall–Kier alpha value is -3.00. The number of allylic oxidation sites excluding steroid dienone is 4. The first kappa shape index (κ1) is 19.9. The van der Waals surface area contributed by atoms with E-state index in [4.69, 9.17) is 4.98 Å². The Bertz CT molecular complexity index is 988. The van der Waals surface area contributed by atoms with Crippen molar-refractivity contribution in [2.45, 2.75) is 32.2 Å². The Morgan fingerprint density at radius 2 is 2.23 bits per heavy atom. The number of urea groups is 1. The SMILES string of the molecule is C[N+]1=CC(Nc2ncc3c(n2)N(CC2CCNC2)C(=O)N(C2=CCCC=C2)C3)=CCC1. The summed E-state index contributed by atoms with van der Waals surface area (Å²) in [5, 5.41) is 6.73. The molecular weight excluding hydrogens is 390 g/mol. The van der Waals surface area contributed by atoms with Crippen molar-refractivity contribution >= 4 is 24.0 Å². The molecule has 5 rings (SSSR count). The second-order valence-corrected chi connectivity index (χ2v) is 8.67. The molecule has 0 aromatic carbocycles. The summed E-state index contributed by atoms with van der Waals surface area (Å²) in [4.78, 5) is 26.7. The van der Waals surface area contributed by atoms with Gasteiger partial charge in [-0.2, -0.15) is 4.98 Å². The summed E-state index contributed by atoms with van der Waals surface area (Å²) in [6, 6.07) is 0.00466. The van der Waals surface area contributed by atoms with E-state index in [0.29, 0.717) is 25.0 Å². The lowest BCUT2D eigenvalue weighted by atomic mass is 10.1. The smallest absolute Gasteiger partial charge is 0.319 e. The van der Waals surface area contributed by atoms with Crippen LogP contribution in [0.3, 0.4) is 0 Å². The molecule has 2 amide bonds. The minimum absolute atomic E-state index is 0.00466. The first-order chi connectivity index (χ1) is 15.2. The van der Waals surface area contributed by atoms with Gasteiger partial charge in [0.1, 0.15) is 25.1 Å². The number of aromatic nitrogens is 2. The molecule has 0 bridgehead atoms. The molecule has 8 nitrogen and oxygen atoms in total. The van der Waals surface area contributed by atoms with Crippen LogP contribution >= 0.6 is 0 Å². The van der Waals surface area contributed by atoms with Crippen LogP contribution in [0.5, 0.6) is 0 Å². The predicted molar refractivity (Wildman–Crippen MR) is 121 cm³/mol. The first-order valence-electron chi connectivity index (χ1n) is 11.2. The average molecular weight is 421 g/mol. The van der Waals surface area contributed by atoms with Crippen LogP contribution in [-0.2, 0) is 6.54 Å².